The lowest BCUT2D eigenvalue weighted by molar-refractivity contribution is -0.192. The zero-order valence-electron chi connectivity index (χ0n) is 20.8. The lowest BCUT2D eigenvalue weighted by atomic mass is 9.98. The smallest absolute Gasteiger partial charge is 0.478 e. The molecule has 0 unspecified atom stereocenters. The normalized spacial score (nSPS) is 17.2. The summed E-state index contributed by atoms with van der Waals surface area (Å²) in [6, 6.07) is 11.4. The second kappa shape index (κ2) is 12.9. The van der Waals surface area contributed by atoms with Crippen LogP contribution in [0.4, 0.5) is 24.5 Å². The maximum absolute atomic E-state index is 12.7. The van der Waals surface area contributed by atoms with Gasteiger partial charge in [-0.05, 0) is 69.1 Å². The van der Waals surface area contributed by atoms with Crippen molar-refractivity contribution >= 4 is 44.9 Å². The van der Waals surface area contributed by atoms with Crippen molar-refractivity contribution in [2.45, 2.75) is 49.2 Å². The average Bonchev–Trinajstić information content (AvgIpc) is 2.89. The molecule has 0 saturated carbocycles. The van der Waals surface area contributed by atoms with E-state index in [4.69, 9.17) is 21.5 Å². The van der Waals surface area contributed by atoms with Crippen molar-refractivity contribution < 1.29 is 41.4 Å². The van der Waals surface area contributed by atoms with Crippen LogP contribution in [0.25, 0.3) is 0 Å². The highest BCUT2D eigenvalue weighted by atomic mass is 35.5. The van der Waals surface area contributed by atoms with Crippen LogP contribution in [0.1, 0.15) is 42.5 Å². The number of sulfonamides is 1. The number of hydrogen-bond acceptors (Lipinski definition) is 6. The molecule has 2 aromatic rings. The van der Waals surface area contributed by atoms with Gasteiger partial charge < -0.3 is 20.0 Å². The first-order chi connectivity index (χ1) is 18.3. The third-order valence-corrected chi connectivity index (χ3v) is 8.44. The van der Waals surface area contributed by atoms with Gasteiger partial charge in [-0.3, -0.25) is 4.72 Å². The van der Waals surface area contributed by atoms with Crippen molar-refractivity contribution in [2.24, 2.45) is 0 Å². The quantitative estimate of drug-likeness (QED) is 0.432. The number of carboxylic acids is 2. The number of nitrogens with one attached hydrogen (secondary N) is 1. The molecule has 2 aromatic carbocycles. The summed E-state index contributed by atoms with van der Waals surface area (Å²) in [7, 11) is -3.94. The average molecular weight is 592 g/mol. The minimum atomic E-state index is -5.08. The molecule has 0 radical (unpaired) electrons. The summed E-state index contributed by atoms with van der Waals surface area (Å²) in [6.45, 7) is 3.88. The molecule has 9 nitrogen and oxygen atoms in total. The Morgan fingerprint density at radius 2 is 1.54 bits per heavy atom. The second-order valence-electron chi connectivity index (χ2n) is 9.19. The number of aromatic carboxylic acids is 1. The molecular formula is C25H29ClF3N3O6S. The number of rotatable bonds is 6. The van der Waals surface area contributed by atoms with Gasteiger partial charge in [-0.1, -0.05) is 30.2 Å². The summed E-state index contributed by atoms with van der Waals surface area (Å²) in [6.07, 6.45) is 0.744. The van der Waals surface area contributed by atoms with Crippen LogP contribution in [0.2, 0.25) is 5.02 Å². The molecule has 0 spiro atoms. The van der Waals surface area contributed by atoms with E-state index in [1.807, 2.05) is 0 Å². The first kappa shape index (κ1) is 30.5. The van der Waals surface area contributed by atoms with Gasteiger partial charge in [0.25, 0.3) is 10.0 Å². The summed E-state index contributed by atoms with van der Waals surface area (Å²) in [5, 5.41) is 17.0. The zero-order valence-corrected chi connectivity index (χ0v) is 22.4. The molecule has 14 heteroatoms. The van der Waals surface area contributed by atoms with Crippen molar-refractivity contribution in [3.8, 4) is 0 Å². The molecule has 2 aliphatic heterocycles. The Hall–Kier alpha value is -3.03. The van der Waals surface area contributed by atoms with Gasteiger partial charge in [-0.25, -0.2) is 18.0 Å². The Bertz CT molecular complexity index is 1280. The van der Waals surface area contributed by atoms with Gasteiger partial charge in [0.2, 0.25) is 0 Å². The molecule has 0 amide bonds. The van der Waals surface area contributed by atoms with E-state index in [-0.39, 0.29) is 21.2 Å². The summed E-state index contributed by atoms with van der Waals surface area (Å²) >= 11 is 6.03. The summed E-state index contributed by atoms with van der Waals surface area (Å²) in [4.78, 5) is 25.5. The number of carbonyl (C=O) groups is 2. The lowest BCUT2D eigenvalue weighted by Crippen LogP contribution is -2.47. The number of anilines is 2. The first-order valence-electron chi connectivity index (χ1n) is 12.2. The van der Waals surface area contributed by atoms with Crippen molar-refractivity contribution in [1.29, 1.82) is 0 Å². The third-order valence-electron chi connectivity index (χ3n) is 6.56. The molecule has 2 saturated heterocycles. The molecule has 2 fully saturated rings. The van der Waals surface area contributed by atoms with E-state index in [1.54, 1.807) is 24.3 Å². The van der Waals surface area contributed by atoms with Crippen LogP contribution in [0.15, 0.2) is 47.4 Å². The van der Waals surface area contributed by atoms with Crippen molar-refractivity contribution in [2.75, 3.05) is 35.8 Å². The molecule has 0 atom stereocenters. The highest BCUT2D eigenvalue weighted by Crippen LogP contribution is 2.31. The number of carboxylic acid groups (broad SMARTS) is 2. The highest BCUT2D eigenvalue weighted by Gasteiger charge is 2.38. The monoisotopic (exact) mass is 591 g/mol. The number of piperidine rings is 2. The second-order valence-corrected chi connectivity index (χ2v) is 11.2. The topological polar surface area (TPSA) is 127 Å². The molecule has 39 heavy (non-hydrogen) atoms. The van der Waals surface area contributed by atoms with Crippen molar-refractivity contribution in [3.63, 3.8) is 0 Å². The van der Waals surface area contributed by atoms with Crippen molar-refractivity contribution in [1.82, 2.24) is 4.90 Å². The molecule has 3 N–H and O–H groups in total. The number of aliphatic carboxylic acids is 1. The van der Waals surface area contributed by atoms with Gasteiger partial charge in [-0.15, -0.1) is 0 Å². The Kier molecular flexibility index (Phi) is 10.1. The van der Waals surface area contributed by atoms with Crippen LogP contribution < -0.4 is 9.62 Å². The molecule has 2 heterocycles. The minimum Gasteiger partial charge on any atom is -0.478 e. The number of halogens is 4. The van der Waals surface area contributed by atoms with E-state index < -0.39 is 28.1 Å². The predicted molar refractivity (Wildman–Crippen MR) is 140 cm³/mol. The van der Waals surface area contributed by atoms with E-state index in [9.17, 15) is 31.5 Å². The lowest BCUT2D eigenvalue weighted by Gasteiger charge is -2.41. The molecule has 2 aliphatic rings. The van der Waals surface area contributed by atoms with Gasteiger partial charge in [0.05, 0.1) is 16.3 Å². The largest absolute Gasteiger partial charge is 0.490 e. The van der Waals surface area contributed by atoms with Crippen LogP contribution in [0.3, 0.4) is 0 Å². The number of likely N-dealkylation sites (tertiary alicyclic amines) is 1. The fourth-order valence-electron chi connectivity index (χ4n) is 4.67. The summed E-state index contributed by atoms with van der Waals surface area (Å²) < 4.78 is 59.6. The number of hydrogen-bond donors (Lipinski definition) is 3. The minimum absolute atomic E-state index is 0.0533. The Morgan fingerprint density at radius 1 is 0.949 bits per heavy atom. The van der Waals surface area contributed by atoms with Gasteiger partial charge in [-0.2, -0.15) is 13.2 Å². The predicted octanol–water partition coefficient (Wildman–Crippen LogP) is 4.93. The zero-order chi connectivity index (χ0) is 28.8. The van der Waals surface area contributed by atoms with Crippen LogP contribution in [0, 0.1) is 0 Å². The fourth-order valence-corrected chi connectivity index (χ4v) is 6.24. The molecular weight excluding hydrogens is 563 g/mol. The SMILES string of the molecule is O=C(O)C(F)(F)F.O=C(O)c1cc(NS(=O)(=O)c2ccccc2Cl)ccc1N1CCC(N2CCCCC2)CC1. The van der Waals surface area contributed by atoms with Crippen LogP contribution in [-0.4, -0.2) is 73.9 Å². The van der Waals surface area contributed by atoms with Crippen molar-refractivity contribution in [3.05, 3.63) is 53.1 Å². The maximum Gasteiger partial charge on any atom is 0.490 e. The third kappa shape index (κ3) is 8.23. The number of benzene rings is 2. The number of nitrogens with zero attached hydrogens (tertiary/aromatic N) is 2. The van der Waals surface area contributed by atoms with Crippen LogP contribution in [0.5, 0.6) is 0 Å². The van der Waals surface area contributed by atoms with E-state index in [2.05, 4.69) is 14.5 Å². The van der Waals surface area contributed by atoms with E-state index >= 15 is 0 Å². The summed E-state index contributed by atoms with van der Waals surface area (Å²) in [5.41, 5.74) is 0.894. The molecule has 214 valence electrons. The van der Waals surface area contributed by atoms with E-state index in [0.29, 0.717) is 11.7 Å². The Morgan fingerprint density at radius 3 is 2.08 bits per heavy atom. The molecule has 0 aliphatic carbocycles. The van der Waals surface area contributed by atoms with Gasteiger partial charge >= 0.3 is 18.1 Å². The highest BCUT2D eigenvalue weighted by molar-refractivity contribution is 7.92. The van der Waals surface area contributed by atoms with Crippen LogP contribution >= 0.6 is 11.6 Å². The number of alkyl halides is 3. The van der Waals surface area contributed by atoms with E-state index in [1.165, 1.54) is 37.5 Å². The first-order valence-corrected chi connectivity index (χ1v) is 14.1. The van der Waals surface area contributed by atoms with Gasteiger partial charge in [0.15, 0.2) is 0 Å². The Labute approximate surface area is 229 Å². The maximum atomic E-state index is 12.7. The molecule has 0 aromatic heterocycles. The molecule has 0 bridgehead atoms. The Balaban J connectivity index is 0.000000532. The van der Waals surface area contributed by atoms with E-state index in [0.717, 1.165) is 39.0 Å². The van der Waals surface area contributed by atoms with Gasteiger partial charge in [0, 0.05) is 24.8 Å². The summed E-state index contributed by atoms with van der Waals surface area (Å²) in [5.74, 6) is -3.84. The fraction of sp³-hybridized carbons (Fsp3) is 0.440. The van der Waals surface area contributed by atoms with Gasteiger partial charge in [0.1, 0.15) is 4.90 Å². The standard InChI is InChI=1S/C23H28ClN3O4S.C2HF3O2/c24-20-6-2-3-7-22(20)32(30,31)25-17-8-9-21(19(16-17)23(28)29)27-14-10-18(11-15-27)26-12-4-1-5-13-26;3-2(4,5)1(6)7/h2-3,6-9,16,18,25H,1,4-5,10-15H2,(H,28,29);(H,6,7). The van der Waals surface area contributed by atoms with Crippen LogP contribution in [-0.2, 0) is 14.8 Å². The molecule has 4 rings (SSSR count).